The third kappa shape index (κ3) is 3.80. The Kier molecular flexibility index (Phi) is 5.07. The van der Waals surface area contributed by atoms with Gasteiger partial charge in [0.25, 0.3) is 5.91 Å². The van der Waals surface area contributed by atoms with E-state index in [-0.39, 0.29) is 35.5 Å². The number of sulfone groups is 1. The van der Waals surface area contributed by atoms with Crippen molar-refractivity contribution in [3.05, 3.63) is 53.6 Å². The van der Waals surface area contributed by atoms with Crippen molar-refractivity contribution in [3.8, 4) is 0 Å². The first kappa shape index (κ1) is 20.1. The lowest BCUT2D eigenvalue weighted by Crippen LogP contribution is -2.50. The number of hydrazine groups is 1. The Morgan fingerprint density at radius 2 is 1.73 bits per heavy atom. The molecule has 2 aromatic carbocycles. The van der Waals surface area contributed by atoms with Crippen molar-refractivity contribution in [3.63, 3.8) is 0 Å². The summed E-state index contributed by atoms with van der Waals surface area (Å²) in [6.07, 6.45) is 2.92. The van der Waals surface area contributed by atoms with Crippen molar-refractivity contribution < 1.29 is 22.8 Å². The monoisotopic (exact) mass is 427 g/mol. The summed E-state index contributed by atoms with van der Waals surface area (Å²) in [6.45, 7) is 0.534. The first-order chi connectivity index (χ1) is 14.2. The Morgan fingerprint density at radius 3 is 2.43 bits per heavy atom. The zero-order valence-corrected chi connectivity index (χ0v) is 17.2. The molecular formula is C21H21N3O5S. The van der Waals surface area contributed by atoms with Crippen LogP contribution in [0.1, 0.15) is 35.2 Å². The number of carbonyl (C=O) groups is 3. The average Bonchev–Trinajstić information content (AvgIpc) is 2.73. The van der Waals surface area contributed by atoms with E-state index in [0.29, 0.717) is 29.9 Å². The Balaban J connectivity index is 1.59. The number of hydrogen-bond acceptors (Lipinski definition) is 5. The van der Waals surface area contributed by atoms with Crippen LogP contribution >= 0.6 is 0 Å². The van der Waals surface area contributed by atoms with Crippen LogP contribution in [-0.4, -0.2) is 38.9 Å². The second-order valence-electron chi connectivity index (χ2n) is 7.43. The molecule has 8 nitrogen and oxygen atoms in total. The average molecular weight is 427 g/mol. The van der Waals surface area contributed by atoms with E-state index < -0.39 is 9.84 Å². The zero-order valence-electron chi connectivity index (χ0n) is 16.4. The number of hydrogen-bond donors (Lipinski definition) is 1. The molecule has 3 amide bonds. The third-order valence-corrected chi connectivity index (χ3v) is 6.38. The molecule has 9 heteroatoms. The van der Waals surface area contributed by atoms with Gasteiger partial charge in [-0.25, -0.2) is 13.4 Å². The van der Waals surface area contributed by atoms with Crippen molar-refractivity contribution >= 4 is 38.9 Å². The molecule has 2 aliphatic rings. The van der Waals surface area contributed by atoms with Crippen LogP contribution in [0.3, 0.4) is 0 Å². The largest absolute Gasteiger partial charge is 0.308 e. The number of carbonyl (C=O) groups excluding carboxylic acids is 3. The van der Waals surface area contributed by atoms with Crippen LogP contribution in [0, 0.1) is 0 Å². The number of aryl methyl sites for hydroxylation is 1. The number of rotatable bonds is 3. The van der Waals surface area contributed by atoms with Gasteiger partial charge in [0.15, 0.2) is 9.84 Å². The summed E-state index contributed by atoms with van der Waals surface area (Å²) in [5.41, 5.74) is 4.99. The minimum absolute atomic E-state index is 0.145. The molecular weight excluding hydrogens is 406 g/mol. The summed E-state index contributed by atoms with van der Waals surface area (Å²) in [6, 6.07) is 11.3. The van der Waals surface area contributed by atoms with Gasteiger partial charge in [0, 0.05) is 36.9 Å². The molecule has 0 saturated carbocycles. The highest BCUT2D eigenvalue weighted by Crippen LogP contribution is 2.31. The van der Waals surface area contributed by atoms with Gasteiger partial charge in [0.2, 0.25) is 11.8 Å². The minimum Gasteiger partial charge on any atom is -0.308 e. The molecule has 0 bridgehead atoms. The predicted molar refractivity (Wildman–Crippen MR) is 111 cm³/mol. The number of nitrogens with one attached hydrogen (secondary N) is 1. The summed E-state index contributed by atoms with van der Waals surface area (Å²) in [5, 5.41) is 1.20. The van der Waals surface area contributed by atoms with Crippen LogP contribution in [-0.2, 0) is 25.8 Å². The van der Waals surface area contributed by atoms with E-state index in [1.165, 1.54) is 11.1 Å². The van der Waals surface area contributed by atoms with E-state index in [1.807, 2.05) is 0 Å². The van der Waals surface area contributed by atoms with E-state index in [0.717, 1.165) is 18.2 Å². The van der Waals surface area contributed by atoms with Crippen molar-refractivity contribution in [2.24, 2.45) is 0 Å². The molecule has 2 heterocycles. The van der Waals surface area contributed by atoms with Gasteiger partial charge in [-0.05, 0) is 60.9 Å². The topological polar surface area (TPSA) is 104 Å². The minimum atomic E-state index is -3.32. The van der Waals surface area contributed by atoms with Gasteiger partial charge in [-0.1, -0.05) is 0 Å². The molecule has 4 rings (SSSR count). The van der Waals surface area contributed by atoms with Crippen LogP contribution in [0.15, 0.2) is 47.4 Å². The molecule has 0 unspecified atom stereocenters. The van der Waals surface area contributed by atoms with Crippen LogP contribution in [0.25, 0.3) is 0 Å². The van der Waals surface area contributed by atoms with E-state index in [4.69, 9.17) is 0 Å². The molecule has 2 aliphatic heterocycles. The molecule has 1 fully saturated rings. The van der Waals surface area contributed by atoms with Gasteiger partial charge in [-0.15, -0.1) is 0 Å². The lowest BCUT2D eigenvalue weighted by atomic mass is 10.0. The van der Waals surface area contributed by atoms with Gasteiger partial charge >= 0.3 is 0 Å². The number of benzene rings is 2. The lowest BCUT2D eigenvalue weighted by molar-refractivity contribution is -0.130. The van der Waals surface area contributed by atoms with Gasteiger partial charge in [-0.2, -0.15) is 0 Å². The predicted octanol–water partition coefficient (Wildman–Crippen LogP) is 1.84. The van der Waals surface area contributed by atoms with E-state index >= 15 is 0 Å². The van der Waals surface area contributed by atoms with Crippen molar-refractivity contribution in [2.45, 2.75) is 30.6 Å². The molecule has 2 aromatic rings. The quantitative estimate of drug-likeness (QED) is 0.805. The van der Waals surface area contributed by atoms with Gasteiger partial charge in [0.1, 0.15) is 0 Å². The van der Waals surface area contributed by atoms with Crippen LogP contribution in [0.2, 0.25) is 0 Å². The van der Waals surface area contributed by atoms with Gasteiger partial charge < -0.3 is 4.90 Å². The van der Waals surface area contributed by atoms with E-state index in [9.17, 15) is 22.8 Å². The second kappa shape index (κ2) is 7.56. The molecule has 0 aromatic heterocycles. The van der Waals surface area contributed by atoms with Crippen molar-refractivity contribution in [1.82, 2.24) is 5.43 Å². The number of anilines is 2. The van der Waals surface area contributed by atoms with Crippen molar-refractivity contribution in [1.29, 1.82) is 0 Å². The highest BCUT2D eigenvalue weighted by Gasteiger charge is 2.27. The van der Waals surface area contributed by atoms with Crippen LogP contribution < -0.4 is 15.3 Å². The molecule has 0 radical (unpaired) electrons. The summed E-state index contributed by atoms with van der Waals surface area (Å²) in [4.78, 5) is 38.6. The Hall–Kier alpha value is -3.20. The Bertz CT molecular complexity index is 1140. The van der Waals surface area contributed by atoms with Crippen LogP contribution in [0.5, 0.6) is 0 Å². The van der Waals surface area contributed by atoms with Gasteiger partial charge in [0.05, 0.1) is 10.6 Å². The second-order valence-corrected chi connectivity index (χ2v) is 9.45. The molecule has 30 heavy (non-hydrogen) atoms. The highest BCUT2D eigenvalue weighted by molar-refractivity contribution is 7.90. The Labute approximate surface area is 174 Å². The lowest BCUT2D eigenvalue weighted by Gasteiger charge is -2.30. The fourth-order valence-electron chi connectivity index (χ4n) is 3.71. The maximum Gasteiger partial charge on any atom is 0.258 e. The molecule has 0 aliphatic carbocycles. The fourth-order valence-corrected chi connectivity index (χ4v) is 4.38. The maximum absolute atomic E-state index is 13.1. The number of nitrogens with zero attached hydrogens (tertiary/aromatic N) is 2. The number of fused-ring (bicyclic) bond motifs is 1. The normalized spacial score (nSPS) is 16.8. The third-order valence-electron chi connectivity index (χ3n) is 5.27. The first-order valence-electron chi connectivity index (χ1n) is 9.61. The smallest absolute Gasteiger partial charge is 0.258 e. The van der Waals surface area contributed by atoms with E-state index in [1.54, 1.807) is 41.3 Å². The van der Waals surface area contributed by atoms with Gasteiger partial charge in [-0.3, -0.25) is 19.8 Å². The maximum atomic E-state index is 13.1. The Morgan fingerprint density at radius 1 is 1.00 bits per heavy atom. The van der Waals surface area contributed by atoms with Crippen LogP contribution in [0.4, 0.5) is 11.4 Å². The summed E-state index contributed by atoms with van der Waals surface area (Å²) in [7, 11) is -3.32. The summed E-state index contributed by atoms with van der Waals surface area (Å²) in [5.74, 6) is -0.642. The molecule has 1 N–H and O–H groups in total. The zero-order chi connectivity index (χ0) is 21.5. The molecule has 1 saturated heterocycles. The molecule has 0 spiro atoms. The SMILES string of the molecule is CS(=O)(=O)c1ccc2c(c1)CCCN2C(=O)c1ccc(N2NC(=O)CCC2=O)cc1. The number of amides is 3. The fraction of sp³-hybridized carbons (Fsp3) is 0.286. The highest BCUT2D eigenvalue weighted by atomic mass is 32.2. The summed E-state index contributed by atoms with van der Waals surface area (Å²) < 4.78 is 23.7. The molecule has 156 valence electrons. The van der Waals surface area contributed by atoms with Crippen molar-refractivity contribution in [2.75, 3.05) is 22.7 Å². The molecule has 0 atom stereocenters. The standard InChI is InChI=1S/C21H21N3O5S/c1-30(28,29)17-8-9-18-15(13-17)3-2-12-23(18)21(27)14-4-6-16(7-5-14)24-20(26)11-10-19(25)22-24/h4-9,13H,2-3,10-12H2,1H3,(H,22,25). The first-order valence-corrected chi connectivity index (χ1v) is 11.5. The van der Waals surface area contributed by atoms with E-state index in [2.05, 4.69) is 5.43 Å². The summed E-state index contributed by atoms with van der Waals surface area (Å²) >= 11 is 0.